The monoisotopic (exact) mass is 375 g/mol. The van der Waals surface area contributed by atoms with Gasteiger partial charge in [0.25, 0.3) is 0 Å². The van der Waals surface area contributed by atoms with Crippen LogP contribution in [0.3, 0.4) is 0 Å². The van der Waals surface area contributed by atoms with E-state index >= 15 is 0 Å². The van der Waals surface area contributed by atoms with E-state index in [2.05, 4.69) is 41.3 Å². The van der Waals surface area contributed by atoms with E-state index in [1.165, 1.54) is 12.8 Å². The highest BCUT2D eigenvalue weighted by molar-refractivity contribution is 6.07. The van der Waals surface area contributed by atoms with Crippen molar-refractivity contribution in [1.29, 1.82) is 0 Å². The molecule has 7 rings (SSSR count). The van der Waals surface area contributed by atoms with E-state index in [0.29, 0.717) is 11.8 Å². The van der Waals surface area contributed by atoms with Gasteiger partial charge in [-0.1, -0.05) is 49.2 Å². The molecule has 3 saturated carbocycles. The van der Waals surface area contributed by atoms with Crippen LogP contribution in [0, 0.1) is 29.6 Å². The number of amides is 1. The van der Waals surface area contributed by atoms with Crippen LogP contribution in [0.5, 0.6) is 0 Å². The number of hydrogen-bond donors (Lipinski definition) is 1. The minimum Gasteiger partial charge on any atom is -0.390 e. The van der Waals surface area contributed by atoms with Crippen LogP contribution in [-0.4, -0.2) is 28.9 Å². The predicted molar refractivity (Wildman–Crippen MR) is 106 cm³/mol. The van der Waals surface area contributed by atoms with Gasteiger partial charge in [0.1, 0.15) is 0 Å². The van der Waals surface area contributed by atoms with E-state index in [0.717, 1.165) is 35.7 Å². The van der Waals surface area contributed by atoms with Gasteiger partial charge in [0.15, 0.2) is 5.72 Å². The van der Waals surface area contributed by atoms with E-state index in [9.17, 15) is 9.90 Å². The van der Waals surface area contributed by atoms with Crippen LogP contribution >= 0.6 is 0 Å². The minimum absolute atomic E-state index is 0.0710. The molecule has 4 nitrogen and oxygen atoms in total. The van der Waals surface area contributed by atoms with Crippen molar-refractivity contribution in [3.05, 3.63) is 42.5 Å². The van der Waals surface area contributed by atoms with Crippen LogP contribution in [0.25, 0.3) is 10.8 Å². The number of rotatable bonds is 2. The second kappa shape index (κ2) is 5.17. The van der Waals surface area contributed by atoms with Gasteiger partial charge in [-0.15, -0.1) is 0 Å². The number of fused-ring (bicyclic) bond motifs is 3. The Bertz CT molecular complexity index is 993. The molecular weight excluding hydrogens is 350 g/mol. The Hall–Kier alpha value is -1.91. The van der Waals surface area contributed by atoms with Crippen LogP contribution in [-0.2, 0) is 9.53 Å². The fourth-order valence-electron chi connectivity index (χ4n) is 7.81. The summed E-state index contributed by atoms with van der Waals surface area (Å²) < 4.78 is 6.86. The number of aliphatic hydroxyl groups excluding tert-OH is 1. The third kappa shape index (κ3) is 1.62. The van der Waals surface area contributed by atoms with Gasteiger partial charge >= 0.3 is 0 Å². The molecule has 4 heteroatoms. The highest BCUT2D eigenvalue weighted by Gasteiger charge is 2.80. The predicted octanol–water partition coefficient (Wildman–Crippen LogP) is 3.71. The molecule has 1 amide bonds. The molecule has 2 aromatic carbocycles. The summed E-state index contributed by atoms with van der Waals surface area (Å²) in [6, 6.07) is 14.6. The molecule has 7 unspecified atom stereocenters. The lowest BCUT2D eigenvalue weighted by molar-refractivity contribution is -0.138. The Morgan fingerprint density at radius 3 is 2.68 bits per heavy atom. The first-order chi connectivity index (χ1) is 13.7. The van der Waals surface area contributed by atoms with E-state index in [1.54, 1.807) is 0 Å². The number of nitrogens with zero attached hydrogens (tertiary/aromatic N) is 1. The zero-order chi connectivity index (χ0) is 18.6. The minimum atomic E-state index is -0.552. The lowest BCUT2D eigenvalue weighted by atomic mass is 9.73. The molecule has 1 N–H and O–H groups in total. The SMILES string of the molecule is O=C1C2C3CC4C(OC(C5CCCC5)(C42)N1c1cccc2ccccc12)C3O. The molecule has 7 atom stereocenters. The normalized spacial score (nSPS) is 43.8. The molecule has 0 radical (unpaired) electrons. The average Bonchev–Trinajstić information content (AvgIpc) is 3.48. The molecule has 0 aromatic heterocycles. The lowest BCUT2D eigenvalue weighted by Crippen LogP contribution is -2.55. The Labute approximate surface area is 164 Å². The van der Waals surface area contributed by atoms with Crippen molar-refractivity contribution in [3.8, 4) is 0 Å². The Kier molecular flexibility index (Phi) is 2.94. The summed E-state index contributed by atoms with van der Waals surface area (Å²) >= 11 is 0. The van der Waals surface area contributed by atoms with Gasteiger partial charge in [0, 0.05) is 17.2 Å². The smallest absolute Gasteiger partial charge is 0.233 e. The van der Waals surface area contributed by atoms with E-state index in [-0.39, 0.29) is 29.8 Å². The summed E-state index contributed by atoms with van der Waals surface area (Å²) in [5.74, 6) is 1.17. The van der Waals surface area contributed by atoms with E-state index < -0.39 is 11.8 Å². The topological polar surface area (TPSA) is 49.8 Å². The van der Waals surface area contributed by atoms with Crippen LogP contribution in [0.1, 0.15) is 32.1 Å². The zero-order valence-electron chi connectivity index (χ0n) is 15.8. The Morgan fingerprint density at radius 2 is 1.82 bits per heavy atom. The number of aliphatic hydroxyl groups is 1. The van der Waals surface area contributed by atoms with Crippen LogP contribution in [0.2, 0.25) is 0 Å². The molecule has 28 heavy (non-hydrogen) atoms. The van der Waals surface area contributed by atoms with Gasteiger partial charge in [-0.2, -0.15) is 0 Å². The molecule has 2 aromatic rings. The first-order valence-corrected chi connectivity index (χ1v) is 10.9. The van der Waals surface area contributed by atoms with Crippen molar-refractivity contribution in [1.82, 2.24) is 0 Å². The number of benzene rings is 2. The quantitative estimate of drug-likeness (QED) is 0.870. The number of anilines is 1. The standard InChI is InChI=1S/C24H25NO3/c26-21-16-12-17-20-19(16)23(27)25(18-11-5-7-13-6-1-4-10-15(13)18)24(20,28-22(17)21)14-8-2-3-9-14/h1,4-7,10-11,14,16-17,19-22,26H,2-3,8-9,12H2. The maximum Gasteiger partial charge on any atom is 0.233 e. The highest BCUT2D eigenvalue weighted by atomic mass is 16.6. The maximum absolute atomic E-state index is 13.9. The van der Waals surface area contributed by atoms with E-state index in [1.807, 2.05) is 6.07 Å². The van der Waals surface area contributed by atoms with Gasteiger partial charge in [-0.25, -0.2) is 0 Å². The first kappa shape index (κ1) is 15.9. The van der Waals surface area contributed by atoms with Gasteiger partial charge in [-0.3, -0.25) is 9.69 Å². The van der Waals surface area contributed by atoms with E-state index in [4.69, 9.17) is 4.74 Å². The van der Waals surface area contributed by atoms with Crippen molar-refractivity contribution in [2.45, 2.75) is 50.0 Å². The van der Waals surface area contributed by atoms with Crippen molar-refractivity contribution < 1.29 is 14.6 Å². The lowest BCUT2D eigenvalue weighted by Gasteiger charge is -2.43. The maximum atomic E-state index is 13.9. The molecule has 2 saturated heterocycles. The summed E-state index contributed by atoms with van der Waals surface area (Å²) in [5, 5.41) is 13.1. The third-order valence-electron chi connectivity index (χ3n) is 8.66. The molecule has 5 aliphatic rings. The molecule has 5 fully saturated rings. The van der Waals surface area contributed by atoms with Crippen molar-refractivity contribution >= 4 is 22.4 Å². The van der Waals surface area contributed by atoms with Gasteiger partial charge in [-0.05, 0) is 42.6 Å². The summed E-state index contributed by atoms with van der Waals surface area (Å²) in [7, 11) is 0. The first-order valence-electron chi connectivity index (χ1n) is 10.9. The summed E-state index contributed by atoms with van der Waals surface area (Å²) in [6.45, 7) is 0. The molecule has 3 aliphatic carbocycles. The highest BCUT2D eigenvalue weighted by Crippen LogP contribution is 2.71. The fourth-order valence-corrected chi connectivity index (χ4v) is 7.81. The molecular formula is C24H25NO3. The van der Waals surface area contributed by atoms with Crippen molar-refractivity contribution in [2.75, 3.05) is 4.90 Å². The Morgan fingerprint density at radius 1 is 1.04 bits per heavy atom. The molecule has 2 heterocycles. The Balaban J connectivity index is 1.48. The largest absolute Gasteiger partial charge is 0.390 e. The number of ether oxygens (including phenoxy) is 1. The van der Waals surface area contributed by atoms with Crippen LogP contribution in [0.4, 0.5) is 5.69 Å². The summed E-state index contributed by atoms with van der Waals surface area (Å²) in [4.78, 5) is 16.0. The molecule has 2 bridgehead atoms. The number of carbonyl (C=O) groups is 1. The van der Waals surface area contributed by atoms with Gasteiger partial charge < -0.3 is 9.84 Å². The zero-order valence-corrected chi connectivity index (χ0v) is 15.8. The third-order valence-corrected chi connectivity index (χ3v) is 8.66. The molecule has 2 aliphatic heterocycles. The molecule has 0 spiro atoms. The van der Waals surface area contributed by atoms with Gasteiger partial charge in [0.05, 0.1) is 23.8 Å². The number of carbonyl (C=O) groups excluding carboxylic acids is 1. The van der Waals surface area contributed by atoms with Crippen molar-refractivity contribution in [2.24, 2.45) is 29.6 Å². The fraction of sp³-hybridized carbons (Fsp3) is 0.542. The summed E-state index contributed by atoms with van der Waals surface area (Å²) in [5.41, 5.74) is 0.447. The second-order valence-electron chi connectivity index (χ2n) is 9.59. The summed E-state index contributed by atoms with van der Waals surface area (Å²) in [6.07, 6.45) is 5.09. The van der Waals surface area contributed by atoms with Crippen LogP contribution in [0.15, 0.2) is 42.5 Å². The average molecular weight is 375 g/mol. The van der Waals surface area contributed by atoms with Crippen LogP contribution < -0.4 is 4.90 Å². The second-order valence-corrected chi connectivity index (χ2v) is 9.59. The number of hydrogen-bond acceptors (Lipinski definition) is 3. The van der Waals surface area contributed by atoms with Gasteiger partial charge in [0.2, 0.25) is 5.91 Å². The molecule has 144 valence electrons. The van der Waals surface area contributed by atoms with Crippen molar-refractivity contribution in [3.63, 3.8) is 0 Å².